The SMILES string of the molecule is C=CC(=O)Nc1cccc(NC(=NC(=NC)Nc2ccc(OCCCS(C)(=O)=O)nc2)C(=C)F)c1. The third-order valence-electron chi connectivity index (χ3n) is 4.17. The Balaban J connectivity index is 2.05. The molecule has 0 fully saturated rings. The van der Waals surface area contributed by atoms with E-state index >= 15 is 0 Å². The maximum Gasteiger partial charge on any atom is 0.247 e. The maximum absolute atomic E-state index is 14.1. The van der Waals surface area contributed by atoms with Gasteiger partial charge in [0.1, 0.15) is 9.84 Å². The van der Waals surface area contributed by atoms with E-state index in [2.05, 4.69) is 44.1 Å². The van der Waals surface area contributed by atoms with Crippen LogP contribution in [-0.2, 0) is 14.6 Å². The Morgan fingerprint density at radius 1 is 1.17 bits per heavy atom. The largest absolute Gasteiger partial charge is 0.478 e. The van der Waals surface area contributed by atoms with Crippen molar-refractivity contribution in [1.82, 2.24) is 4.98 Å². The molecule has 0 unspecified atom stereocenters. The van der Waals surface area contributed by atoms with Gasteiger partial charge in [-0.2, -0.15) is 4.99 Å². The normalized spacial score (nSPS) is 12.0. The smallest absolute Gasteiger partial charge is 0.247 e. The van der Waals surface area contributed by atoms with Gasteiger partial charge in [-0.1, -0.05) is 19.2 Å². The lowest BCUT2D eigenvalue weighted by Crippen LogP contribution is -2.19. The van der Waals surface area contributed by atoms with Crippen LogP contribution < -0.4 is 20.7 Å². The number of pyridine rings is 1. The van der Waals surface area contributed by atoms with Gasteiger partial charge in [-0.3, -0.25) is 9.79 Å². The van der Waals surface area contributed by atoms with Crippen LogP contribution in [0.4, 0.5) is 21.5 Å². The molecule has 1 aromatic carbocycles. The first-order chi connectivity index (χ1) is 16.6. The Labute approximate surface area is 203 Å². The predicted molar refractivity (Wildman–Crippen MR) is 138 cm³/mol. The van der Waals surface area contributed by atoms with Crippen LogP contribution in [0.2, 0.25) is 0 Å². The number of benzene rings is 1. The average molecular weight is 503 g/mol. The maximum atomic E-state index is 14.1. The van der Waals surface area contributed by atoms with E-state index in [9.17, 15) is 17.6 Å². The summed E-state index contributed by atoms with van der Waals surface area (Å²) in [6.07, 6.45) is 4.13. The van der Waals surface area contributed by atoms with Crippen molar-refractivity contribution in [2.24, 2.45) is 9.98 Å². The number of hydrogen-bond donors (Lipinski definition) is 3. The van der Waals surface area contributed by atoms with Crippen LogP contribution in [0.3, 0.4) is 0 Å². The highest BCUT2D eigenvalue weighted by atomic mass is 32.2. The first-order valence-corrected chi connectivity index (χ1v) is 12.4. The van der Waals surface area contributed by atoms with Crippen molar-refractivity contribution in [2.75, 3.05) is 41.6 Å². The Kier molecular flexibility index (Phi) is 10.1. The number of nitrogens with zero attached hydrogens (tertiary/aromatic N) is 3. The fourth-order valence-corrected chi connectivity index (χ4v) is 3.21. The molecule has 12 heteroatoms. The number of aliphatic imine (C=N–C) groups is 2. The second-order valence-corrected chi connectivity index (χ2v) is 9.41. The van der Waals surface area contributed by atoms with Crippen molar-refractivity contribution in [3.05, 3.63) is 67.7 Å². The molecular formula is C23H27FN6O4S. The van der Waals surface area contributed by atoms with Crippen LogP contribution in [0.25, 0.3) is 0 Å². The number of rotatable bonds is 10. The topological polar surface area (TPSA) is 134 Å². The van der Waals surface area contributed by atoms with Gasteiger partial charge in [-0.25, -0.2) is 17.8 Å². The molecule has 0 atom stereocenters. The number of amides is 1. The first kappa shape index (κ1) is 27.2. The van der Waals surface area contributed by atoms with Gasteiger partial charge in [0.15, 0.2) is 11.7 Å². The lowest BCUT2D eigenvalue weighted by atomic mass is 10.2. The van der Waals surface area contributed by atoms with Crippen LogP contribution >= 0.6 is 0 Å². The first-order valence-electron chi connectivity index (χ1n) is 10.3. The molecule has 0 saturated heterocycles. The number of amidine groups is 1. The zero-order valence-corrected chi connectivity index (χ0v) is 20.2. The quantitative estimate of drug-likeness (QED) is 0.196. The minimum atomic E-state index is -3.04. The van der Waals surface area contributed by atoms with Gasteiger partial charge >= 0.3 is 0 Å². The minimum Gasteiger partial charge on any atom is -0.478 e. The van der Waals surface area contributed by atoms with Gasteiger partial charge in [0.05, 0.1) is 24.2 Å². The summed E-state index contributed by atoms with van der Waals surface area (Å²) >= 11 is 0. The summed E-state index contributed by atoms with van der Waals surface area (Å²) < 4.78 is 41.8. The summed E-state index contributed by atoms with van der Waals surface area (Å²) in [7, 11) is -1.57. The summed E-state index contributed by atoms with van der Waals surface area (Å²) in [6, 6.07) is 9.84. The van der Waals surface area contributed by atoms with Crippen molar-refractivity contribution < 1.29 is 22.3 Å². The molecule has 186 valence electrons. The van der Waals surface area contributed by atoms with E-state index < -0.39 is 15.7 Å². The van der Waals surface area contributed by atoms with Crippen LogP contribution in [0.5, 0.6) is 5.88 Å². The highest BCUT2D eigenvalue weighted by molar-refractivity contribution is 7.90. The fraction of sp³-hybridized carbons (Fsp3) is 0.217. The average Bonchev–Trinajstić information content (AvgIpc) is 2.81. The van der Waals surface area contributed by atoms with Crippen LogP contribution in [-0.4, -0.2) is 56.8 Å². The van der Waals surface area contributed by atoms with E-state index in [1.165, 1.54) is 19.5 Å². The van der Waals surface area contributed by atoms with E-state index in [1.54, 1.807) is 36.4 Å². The summed E-state index contributed by atoms with van der Waals surface area (Å²) in [4.78, 5) is 23.8. The lowest BCUT2D eigenvalue weighted by molar-refractivity contribution is -0.111. The number of halogens is 1. The Morgan fingerprint density at radius 3 is 2.46 bits per heavy atom. The van der Waals surface area contributed by atoms with Crippen LogP contribution in [0, 0.1) is 0 Å². The highest BCUT2D eigenvalue weighted by Gasteiger charge is 2.09. The van der Waals surface area contributed by atoms with E-state index in [0.717, 1.165) is 6.08 Å². The van der Waals surface area contributed by atoms with E-state index in [4.69, 9.17) is 4.74 Å². The fourth-order valence-electron chi connectivity index (χ4n) is 2.57. The van der Waals surface area contributed by atoms with Gasteiger partial charge < -0.3 is 20.7 Å². The van der Waals surface area contributed by atoms with Crippen molar-refractivity contribution in [1.29, 1.82) is 0 Å². The van der Waals surface area contributed by atoms with E-state index in [-0.39, 0.29) is 30.1 Å². The number of nitrogens with one attached hydrogen (secondary N) is 3. The predicted octanol–water partition coefficient (Wildman–Crippen LogP) is 3.41. The van der Waals surface area contributed by atoms with Crippen LogP contribution in [0.1, 0.15) is 6.42 Å². The zero-order valence-electron chi connectivity index (χ0n) is 19.4. The van der Waals surface area contributed by atoms with Crippen molar-refractivity contribution in [2.45, 2.75) is 6.42 Å². The highest BCUT2D eigenvalue weighted by Crippen LogP contribution is 2.17. The standard InChI is InChI=1S/C23H27FN6O4S/c1-5-20(31)27-17-8-6-9-18(14-17)28-22(16(2)24)30-23(25-3)29-19-10-11-21(26-15-19)34-12-7-13-35(4,32)33/h5-6,8-11,14-15H,1-2,7,12-13H2,3-4H3,(H,27,31)(H2,25,28,29,30). The number of hydrogen-bond acceptors (Lipinski definition) is 6. The Morgan fingerprint density at radius 2 is 1.89 bits per heavy atom. The number of anilines is 3. The van der Waals surface area contributed by atoms with Crippen molar-refractivity contribution in [3.8, 4) is 5.88 Å². The third-order valence-corrected chi connectivity index (χ3v) is 5.20. The second-order valence-electron chi connectivity index (χ2n) is 7.15. The van der Waals surface area contributed by atoms with Crippen molar-refractivity contribution >= 4 is 44.6 Å². The molecule has 0 saturated carbocycles. The monoisotopic (exact) mass is 502 g/mol. The molecule has 0 radical (unpaired) electrons. The molecule has 1 heterocycles. The summed E-state index contributed by atoms with van der Waals surface area (Å²) in [5.41, 5.74) is 1.45. The minimum absolute atomic E-state index is 0.0327. The third kappa shape index (κ3) is 10.2. The molecule has 1 aromatic heterocycles. The number of aromatic nitrogens is 1. The molecule has 0 aliphatic heterocycles. The summed E-state index contributed by atoms with van der Waals surface area (Å²) in [5, 5.41) is 8.33. The number of carbonyl (C=O) groups excluding carboxylic acids is 1. The number of sulfone groups is 1. The van der Waals surface area contributed by atoms with Gasteiger partial charge in [-0.05, 0) is 36.8 Å². The molecule has 2 aromatic rings. The Bertz CT molecular complexity index is 1230. The molecule has 0 spiro atoms. The van der Waals surface area contributed by atoms with Gasteiger partial charge in [-0.15, -0.1) is 0 Å². The molecule has 35 heavy (non-hydrogen) atoms. The number of ether oxygens (including phenoxy) is 1. The Hall–Kier alpha value is -4.06. The van der Waals surface area contributed by atoms with Gasteiger partial charge in [0.25, 0.3) is 0 Å². The van der Waals surface area contributed by atoms with Crippen molar-refractivity contribution in [3.63, 3.8) is 0 Å². The van der Waals surface area contributed by atoms with Crippen LogP contribution in [0.15, 0.2) is 77.6 Å². The molecule has 10 nitrogen and oxygen atoms in total. The zero-order chi connectivity index (χ0) is 25.8. The van der Waals surface area contributed by atoms with E-state index in [0.29, 0.717) is 29.4 Å². The molecule has 3 N–H and O–H groups in total. The number of carbonyl (C=O) groups is 1. The molecule has 1 amide bonds. The number of guanidine groups is 1. The lowest BCUT2D eigenvalue weighted by Gasteiger charge is -2.12. The van der Waals surface area contributed by atoms with Gasteiger partial charge in [0, 0.05) is 30.7 Å². The molecular weight excluding hydrogens is 475 g/mol. The summed E-state index contributed by atoms with van der Waals surface area (Å²) in [5.74, 6) is -0.968. The second kappa shape index (κ2) is 13.0. The molecule has 0 bridgehead atoms. The molecule has 0 aliphatic carbocycles. The summed E-state index contributed by atoms with van der Waals surface area (Å²) in [6.45, 7) is 6.91. The van der Waals surface area contributed by atoms with E-state index in [1.807, 2.05) is 0 Å². The molecule has 2 rings (SSSR count). The van der Waals surface area contributed by atoms with Gasteiger partial charge in [0.2, 0.25) is 17.7 Å². The molecule has 0 aliphatic rings.